The van der Waals surface area contributed by atoms with E-state index in [1.54, 1.807) is 0 Å². The number of rotatable bonds is 2. The number of nitrogens with zero attached hydrogens (tertiary/aromatic N) is 2. The monoisotopic (exact) mass is 488 g/mol. The van der Waals surface area contributed by atoms with Crippen molar-refractivity contribution in [1.29, 1.82) is 0 Å². The zero-order chi connectivity index (χ0) is 25.4. The Hall–Kier alpha value is -4.89. The highest BCUT2D eigenvalue weighted by atomic mass is 16.3. The number of hydrogen-bond donors (Lipinski definition) is 0. The Morgan fingerprint density at radius 3 is 2.24 bits per heavy atom. The van der Waals surface area contributed by atoms with E-state index in [2.05, 4.69) is 109 Å². The molecule has 8 rings (SSSR count). The van der Waals surface area contributed by atoms with Crippen LogP contribution in [0.25, 0.3) is 55.0 Å². The molecule has 3 heterocycles. The molecule has 0 fully saturated rings. The predicted molar refractivity (Wildman–Crippen MR) is 158 cm³/mol. The Morgan fingerprint density at radius 1 is 0.605 bits per heavy atom. The summed E-state index contributed by atoms with van der Waals surface area (Å²) in [6.07, 6.45) is 3.86. The van der Waals surface area contributed by atoms with Gasteiger partial charge in [-0.15, -0.1) is 0 Å². The van der Waals surface area contributed by atoms with Crippen molar-refractivity contribution >= 4 is 49.8 Å². The van der Waals surface area contributed by atoms with E-state index in [4.69, 9.17) is 4.42 Å². The van der Waals surface area contributed by atoms with Crippen LogP contribution in [0.15, 0.2) is 114 Å². The summed E-state index contributed by atoms with van der Waals surface area (Å²) in [5.74, 6) is 0. The molecule has 2 aromatic heterocycles. The van der Waals surface area contributed by atoms with Gasteiger partial charge in [-0.25, -0.2) is 0 Å². The molecule has 180 valence electrons. The highest BCUT2D eigenvalue weighted by Gasteiger charge is 2.29. The van der Waals surface area contributed by atoms with E-state index in [9.17, 15) is 0 Å². The molecule has 3 nitrogen and oxygen atoms in total. The zero-order valence-electron chi connectivity index (χ0n) is 21.2. The molecule has 0 atom stereocenters. The first-order valence-electron chi connectivity index (χ1n) is 13.0. The number of furan rings is 1. The van der Waals surface area contributed by atoms with Crippen LogP contribution in [0.4, 0.5) is 17.1 Å². The van der Waals surface area contributed by atoms with Gasteiger partial charge >= 0.3 is 0 Å². The zero-order valence-corrected chi connectivity index (χ0v) is 21.2. The maximum Gasteiger partial charge on any atom is 0.159 e. The number of aryl methyl sites for hydroxylation is 2. The van der Waals surface area contributed by atoms with Crippen LogP contribution in [0.1, 0.15) is 11.1 Å². The molecule has 0 radical (unpaired) electrons. The Kier molecular flexibility index (Phi) is 4.36. The summed E-state index contributed by atoms with van der Waals surface area (Å²) in [4.78, 5) is 6.86. The van der Waals surface area contributed by atoms with Crippen molar-refractivity contribution in [3.63, 3.8) is 0 Å². The molecule has 3 heteroatoms. The number of aromatic nitrogens is 1. The quantitative estimate of drug-likeness (QED) is 0.242. The number of para-hydroxylation sites is 3. The van der Waals surface area contributed by atoms with Gasteiger partial charge in [-0.2, -0.15) is 0 Å². The van der Waals surface area contributed by atoms with Crippen LogP contribution >= 0.6 is 0 Å². The third kappa shape index (κ3) is 2.81. The highest BCUT2D eigenvalue weighted by molar-refractivity contribution is 6.20. The minimum atomic E-state index is 0.902. The number of fused-ring (bicyclic) bond motifs is 5. The van der Waals surface area contributed by atoms with Crippen LogP contribution in [-0.2, 0) is 0 Å². The third-order valence-electron chi connectivity index (χ3n) is 7.95. The summed E-state index contributed by atoms with van der Waals surface area (Å²) >= 11 is 0. The van der Waals surface area contributed by atoms with Gasteiger partial charge in [-0.3, -0.25) is 4.98 Å². The molecule has 5 aromatic carbocycles. The number of hydrogen-bond acceptors (Lipinski definition) is 3. The van der Waals surface area contributed by atoms with E-state index < -0.39 is 0 Å². The van der Waals surface area contributed by atoms with Crippen LogP contribution in [-0.4, -0.2) is 4.98 Å². The molecule has 7 aromatic rings. The number of pyridine rings is 1. The molecule has 1 aliphatic rings. The second-order valence-electron chi connectivity index (χ2n) is 10.1. The minimum Gasteiger partial charge on any atom is -0.454 e. The lowest BCUT2D eigenvalue weighted by atomic mass is 9.84. The maximum absolute atomic E-state index is 6.51. The second kappa shape index (κ2) is 7.80. The van der Waals surface area contributed by atoms with Crippen LogP contribution in [0, 0.1) is 13.8 Å². The molecule has 38 heavy (non-hydrogen) atoms. The first kappa shape index (κ1) is 21.2. The lowest BCUT2D eigenvalue weighted by Gasteiger charge is -2.34. The first-order chi connectivity index (χ1) is 18.7. The van der Waals surface area contributed by atoms with Crippen molar-refractivity contribution in [1.82, 2.24) is 4.98 Å². The Bertz CT molecular complexity index is 2070. The molecule has 0 aliphatic carbocycles. The van der Waals surface area contributed by atoms with Crippen molar-refractivity contribution in [3.05, 3.63) is 121 Å². The van der Waals surface area contributed by atoms with Gasteiger partial charge in [0, 0.05) is 39.7 Å². The lowest BCUT2D eigenvalue weighted by molar-refractivity contribution is 0.669. The number of anilines is 3. The largest absolute Gasteiger partial charge is 0.454 e. The summed E-state index contributed by atoms with van der Waals surface area (Å²) in [5.41, 5.74) is 12.6. The molecule has 0 N–H and O–H groups in total. The molecule has 0 saturated heterocycles. The summed E-state index contributed by atoms with van der Waals surface area (Å²) in [7, 11) is 0. The lowest BCUT2D eigenvalue weighted by Crippen LogP contribution is -2.15. The second-order valence-corrected chi connectivity index (χ2v) is 10.1. The van der Waals surface area contributed by atoms with E-state index in [1.807, 2.05) is 24.5 Å². The summed E-state index contributed by atoms with van der Waals surface area (Å²) < 4.78 is 6.51. The molecule has 1 aliphatic heterocycles. The average molecular weight is 489 g/mol. The van der Waals surface area contributed by atoms with Crippen LogP contribution in [0.5, 0.6) is 0 Å². The first-order valence-corrected chi connectivity index (χ1v) is 13.0. The normalized spacial score (nSPS) is 12.4. The fraction of sp³-hybridized carbons (Fsp3) is 0.0571. The molecule has 0 amide bonds. The smallest absolute Gasteiger partial charge is 0.159 e. The standard InChI is InChI=1S/C35H24N2O/c1-21-17-18-36-20-28(21)33-22(2)19-27-23-9-3-5-13-29(23)37(30-14-8-12-26(33)34(27)30)31-15-7-11-25-24-10-4-6-16-32(24)38-35(25)31/h3-20H,1-2H3. The van der Waals surface area contributed by atoms with Gasteiger partial charge in [-0.05, 0) is 71.8 Å². The van der Waals surface area contributed by atoms with Gasteiger partial charge < -0.3 is 9.32 Å². The molecular formula is C35H24N2O. The van der Waals surface area contributed by atoms with Gasteiger partial charge in [0.2, 0.25) is 0 Å². The fourth-order valence-electron chi connectivity index (χ4n) is 6.28. The van der Waals surface area contributed by atoms with E-state index in [0.29, 0.717) is 0 Å². The SMILES string of the molecule is Cc1ccncc1-c1c(C)cc2c3c(cccc13)N(c1cccc3c1oc1ccccc13)c1ccccc1-2. The van der Waals surface area contributed by atoms with E-state index in [1.165, 1.54) is 44.2 Å². The number of benzene rings is 5. The molecular weight excluding hydrogens is 464 g/mol. The van der Waals surface area contributed by atoms with Crippen LogP contribution < -0.4 is 4.90 Å². The third-order valence-corrected chi connectivity index (χ3v) is 7.95. The summed E-state index contributed by atoms with van der Waals surface area (Å²) in [6, 6.07) is 34.6. The molecule has 0 unspecified atom stereocenters. The van der Waals surface area contributed by atoms with Crippen molar-refractivity contribution in [2.45, 2.75) is 13.8 Å². The molecule has 0 saturated carbocycles. The predicted octanol–water partition coefficient (Wildman–Crippen LogP) is 9.87. The van der Waals surface area contributed by atoms with Gasteiger partial charge in [0.15, 0.2) is 5.58 Å². The van der Waals surface area contributed by atoms with E-state index in [-0.39, 0.29) is 0 Å². The van der Waals surface area contributed by atoms with E-state index in [0.717, 1.165) is 39.0 Å². The van der Waals surface area contributed by atoms with Crippen molar-refractivity contribution in [3.8, 4) is 22.3 Å². The van der Waals surface area contributed by atoms with Crippen LogP contribution in [0.2, 0.25) is 0 Å². The average Bonchev–Trinajstić information content (AvgIpc) is 3.33. The minimum absolute atomic E-state index is 0.902. The van der Waals surface area contributed by atoms with Crippen molar-refractivity contribution in [2.75, 3.05) is 4.90 Å². The highest BCUT2D eigenvalue weighted by Crippen LogP contribution is 2.54. The summed E-state index contributed by atoms with van der Waals surface area (Å²) in [6.45, 7) is 4.38. The van der Waals surface area contributed by atoms with Gasteiger partial charge in [0.25, 0.3) is 0 Å². The van der Waals surface area contributed by atoms with Gasteiger partial charge in [0.1, 0.15) is 5.58 Å². The Labute approximate surface area is 220 Å². The van der Waals surface area contributed by atoms with Gasteiger partial charge in [-0.1, -0.05) is 66.7 Å². The topological polar surface area (TPSA) is 29.3 Å². The van der Waals surface area contributed by atoms with Gasteiger partial charge in [0.05, 0.1) is 17.1 Å². The van der Waals surface area contributed by atoms with Crippen LogP contribution in [0.3, 0.4) is 0 Å². The van der Waals surface area contributed by atoms with Crippen molar-refractivity contribution < 1.29 is 4.42 Å². The van der Waals surface area contributed by atoms with E-state index >= 15 is 0 Å². The molecule has 0 bridgehead atoms. The fourth-order valence-corrected chi connectivity index (χ4v) is 6.28. The Morgan fingerprint density at radius 2 is 1.34 bits per heavy atom. The Balaban J connectivity index is 1.51. The van der Waals surface area contributed by atoms with Crippen molar-refractivity contribution in [2.24, 2.45) is 0 Å². The summed E-state index contributed by atoms with van der Waals surface area (Å²) in [5, 5.41) is 4.76. The maximum atomic E-state index is 6.51. The molecule has 0 spiro atoms.